The number of carboxylic acid groups (broad SMARTS) is 1. The molecule has 1 atom stereocenters. The van der Waals surface area contributed by atoms with Gasteiger partial charge in [-0.2, -0.15) is 0 Å². The summed E-state index contributed by atoms with van der Waals surface area (Å²) in [5, 5.41) is 11.7. The number of hydrogen-bond donors (Lipinski definition) is 1. The Kier molecular flexibility index (Phi) is 5.83. The SMILES string of the molecule is CCCCCC(N=[N+]=[N-])C(=O)O. The van der Waals surface area contributed by atoms with Crippen LogP contribution < -0.4 is 0 Å². The van der Waals surface area contributed by atoms with Gasteiger partial charge in [0.25, 0.3) is 0 Å². The van der Waals surface area contributed by atoms with Gasteiger partial charge in [-0.25, -0.2) is 0 Å². The molecule has 1 unspecified atom stereocenters. The molecule has 0 spiro atoms. The number of carboxylic acids is 1. The summed E-state index contributed by atoms with van der Waals surface area (Å²) in [5.74, 6) is -1.04. The van der Waals surface area contributed by atoms with E-state index in [1.165, 1.54) is 0 Å². The summed E-state index contributed by atoms with van der Waals surface area (Å²) in [6, 6.07) is -0.887. The zero-order chi connectivity index (χ0) is 9.40. The molecule has 0 aliphatic rings. The topological polar surface area (TPSA) is 86.1 Å². The van der Waals surface area contributed by atoms with Gasteiger partial charge >= 0.3 is 5.97 Å². The largest absolute Gasteiger partial charge is 0.481 e. The van der Waals surface area contributed by atoms with Gasteiger partial charge in [-0.3, -0.25) is 4.79 Å². The van der Waals surface area contributed by atoms with E-state index in [4.69, 9.17) is 10.6 Å². The molecule has 68 valence electrons. The fourth-order valence-electron chi connectivity index (χ4n) is 0.881. The number of azide groups is 1. The molecule has 0 fully saturated rings. The lowest BCUT2D eigenvalue weighted by Gasteiger charge is -2.03. The van der Waals surface area contributed by atoms with E-state index in [1.807, 2.05) is 6.92 Å². The van der Waals surface area contributed by atoms with Gasteiger partial charge in [0.1, 0.15) is 6.04 Å². The van der Waals surface area contributed by atoms with Gasteiger partial charge in [0.05, 0.1) is 0 Å². The lowest BCUT2D eigenvalue weighted by atomic mass is 10.1. The Morgan fingerprint density at radius 2 is 2.33 bits per heavy atom. The number of aliphatic carboxylic acids is 1. The average molecular weight is 171 g/mol. The molecular formula is C7H13N3O2. The molecule has 0 aromatic heterocycles. The molecule has 0 radical (unpaired) electrons. The van der Waals surface area contributed by atoms with Gasteiger partial charge in [-0.15, -0.1) is 0 Å². The first-order valence-corrected chi connectivity index (χ1v) is 3.99. The predicted molar refractivity (Wildman–Crippen MR) is 44.7 cm³/mol. The van der Waals surface area contributed by atoms with Crippen LogP contribution in [0.4, 0.5) is 0 Å². The van der Waals surface area contributed by atoms with Crippen LogP contribution in [0.2, 0.25) is 0 Å². The van der Waals surface area contributed by atoms with Gasteiger partial charge in [0, 0.05) is 4.91 Å². The summed E-state index contributed by atoms with van der Waals surface area (Å²) >= 11 is 0. The minimum absolute atomic E-state index is 0.438. The van der Waals surface area contributed by atoms with E-state index in [9.17, 15) is 4.79 Å². The summed E-state index contributed by atoms with van der Waals surface area (Å²) in [7, 11) is 0. The van der Waals surface area contributed by atoms with E-state index in [-0.39, 0.29) is 0 Å². The first-order chi connectivity index (χ1) is 5.72. The monoisotopic (exact) mass is 171 g/mol. The second-order valence-electron chi connectivity index (χ2n) is 2.55. The van der Waals surface area contributed by atoms with Crippen molar-refractivity contribution in [1.82, 2.24) is 0 Å². The predicted octanol–water partition coefficient (Wildman–Crippen LogP) is 2.33. The molecule has 12 heavy (non-hydrogen) atoms. The van der Waals surface area contributed by atoms with E-state index in [1.54, 1.807) is 0 Å². The van der Waals surface area contributed by atoms with Gasteiger partial charge in [-0.05, 0) is 12.0 Å². The van der Waals surface area contributed by atoms with Crippen LogP contribution in [-0.2, 0) is 4.79 Å². The molecule has 5 nitrogen and oxygen atoms in total. The molecule has 0 bridgehead atoms. The maximum atomic E-state index is 10.4. The third-order valence-corrected chi connectivity index (χ3v) is 1.56. The van der Waals surface area contributed by atoms with Crippen LogP contribution in [0.25, 0.3) is 10.4 Å². The molecule has 0 aromatic rings. The summed E-state index contributed by atoms with van der Waals surface area (Å²) < 4.78 is 0. The Balaban J connectivity index is 3.79. The molecule has 0 aromatic carbocycles. The second kappa shape index (κ2) is 6.49. The number of carbonyl (C=O) groups is 1. The number of rotatable bonds is 6. The molecular weight excluding hydrogens is 158 g/mol. The van der Waals surface area contributed by atoms with Crippen LogP contribution in [0.5, 0.6) is 0 Å². The van der Waals surface area contributed by atoms with Gasteiger partial charge in [0.2, 0.25) is 0 Å². The summed E-state index contributed by atoms with van der Waals surface area (Å²) in [5.41, 5.74) is 8.04. The van der Waals surface area contributed by atoms with Crippen LogP contribution in [0.1, 0.15) is 32.6 Å². The van der Waals surface area contributed by atoms with Gasteiger partial charge in [0.15, 0.2) is 0 Å². The minimum atomic E-state index is -1.04. The highest BCUT2D eigenvalue weighted by atomic mass is 16.4. The first-order valence-electron chi connectivity index (χ1n) is 3.99. The van der Waals surface area contributed by atoms with Crippen LogP contribution in [-0.4, -0.2) is 17.1 Å². The lowest BCUT2D eigenvalue weighted by Crippen LogP contribution is -2.16. The van der Waals surface area contributed by atoms with Crippen molar-refractivity contribution in [3.63, 3.8) is 0 Å². The Bertz CT molecular complexity index is 185. The molecule has 0 saturated heterocycles. The highest BCUT2D eigenvalue weighted by molar-refractivity contribution is 5.73. The van der Waals surface area contributed by atoms with Gasteiger partial charge in [-0.1, -0.05) is 31.3 Å². The molecule has 0 saturated carbocycles. The fourth-order valence-corrected chi connectivity index (χ4v) is 0.881. The van der Waals surface area contributed by atoms with Crippen molar-refractivity contribution in [1.29, 1.82) is 0 Å². The normalized spacial score (nSPS) is 11.8. The Morgan fingerprint density at radius 3 is 2.75 bits per heavy atom. The van der Waals surface area contributed by atoms with E-state index >= 15 is 0 Å². The fraction of sp³-hybridized carbons (Fsp3) is 0.857. The van der Waals surface area contributed by atoms with Crippen LogP contribution in [0, 0.1) is 0 Å². The van der Waals surface area contributed by atoms with Crippen molar-refractivity contribution in [2.45, 2.75) is 38.6 Å². The molecule has 1 N–H and O–H groups in total. The molecule has 0 amide bonds. The molecule has 0 aliphatic heterocycles. The second-order valence-corrected chi connectivity index (χ2v) is 2.55. The lowest BCUT2D eigenvalue weighted by molar-refractivity contribution is -0.138. The van der Waals surface area contributed by atoms with E-state index in [0.29, 0.717) is 6.42 Å². The van der Waals surface area contributed by atoms with Crippen LogP contribution >= 0.6 is 0 Å². The van der Waals surface area contributed by atoms with Crippen LogP contribution in [0.3, 0.4) is 0 Å². The smallest absolute Gasteiger partial charge is 0.312 e. The molecule has 0 heterocycles. The summed E-state index contributed by atoms with van der Waals surface area (Å²) in [6.45, 7) is 2.03. The zero-order valence-electron chi connectivity index (χ0n) is 7.10. The van der Waals surface area contributed by atoms with E-state index < -0.39 is 12.0 Å². The highest BCUT2D eigenvalue weighted by Gasteiger charge is 2.13. The van der Waals surface area contributed by atoms with Crippen molar-refractivity contribution in [2.24, 2.45) is 5.11 Å². The summed E-state index contributed by atoms with van der Waals surface area (Å²) in [4.78, 5) is 12.9. The average Bonchev–Trinajstić information content (AvgIpc) is 2.03. The van der Waals surface area contributed by atoms with Crippen molar-refractivity contribution in [2.75, 3.05) is 0 Å². The van der Waals surface area contributed by atoms with Crippen molar-refractivity contribution >= 4 is 5.97 Å². The zero-order valence-corrected chi connectivity index (χ0v) is 7.10. The Labute approximate surface area is 71.0 Å². The Hall–Kier alpha value is -1.22. The number of hydrogen-bond acceptors (Lipinski definition) is 2. The minimum Gasteiger partial charge on any atom is -0.481 e. The highest BCUT2D eigenvalue weighted by Crippen LogP contribution is 2.06. The Morgan fingerprint density at radius 1 is 1.67 bits per heavy atom. The third kappa shape index (κ3) is 4.57. The summed E-state index contributed by atoms with van der Waals surface area (Å²) in [6.07, 6.45) is 3.24. The van der Waals surface area contributed by atoms with Crippen molar-refractivity contribution in [3.05, 3.63) is 10.4 Å². The van der Waals surface area contributed by atoms with Crippen LogP contribution in [0.15, 0.2) is 5.11 Å². The first kappa shape index (κ1) is 10.8. The van der Waals surface area contributed by atoms with E-state index in [2.05, 4.69) is 10.0 Å². The standard InChI is InChI=1S/C7H13N3O2/c1-2-3-4-5-6(7(11)12)9-10-8/h6H,2-5H2,1H3,(H,11,12). The molecule has 5 heteroatoms. The third-order valence-electron chi connectivity index (χ3n) is 1.56. The quantitative estimate of drug-likeness (QED) is 0.288. The van der Waals surface area contributed by atoms with Crippen molar-refractivity contribution < 1.29 is 9.90 Å². The molecule has 0 rings (SSSR count). The van der Waals surface area contributed by atoms with Crippen molar-refractivity contribution in [3.8, 4) is 0 Å². The number of nitrogens with zero attached hydrogens (tertiary/aromatic N) is 3. The maximum Gasteiger partial charge on any atom is 0.312 e. The maximum absolute atomic E-state index is 10.4. The van der Waals surface area contributed by atoms with E-state index in [0.717, 1.165) is 19.3 Å². The van der Waals surface area contributed by atoms with Gasteiger partial charge < -0.3 is 5.11 Å². The molecule has 0 aliphatic carbocycles. The number of unbranched alkanes of at least 4 members (excludes halogenated alkanes) is 2.